The molecule has 2 rings (SSSR count). The summed E-state index contributed by atoms with van der Waals surface area (Å²) >= 11 is 0. The molecule has 0 amide bonds. The van der Waals surface area contributed by atoms with Crippen molar-refractivity contribution in [1.29, 1.82) is 0 Å². The summed E-state index contributed by atoms with van der Waals surface area (Å²) in [6.45, 7) is 8.35. The Balaban J connectivity index is 1.93. The van der Waals surface area contributed by atoms with E-state index in [0.29, 0.717) is 0 Å². The van der Waals surface area contributed by atoms with Crippen LogP contribution in [-0.2, 0) is 33.2 Å². The molecule has 8 nitrogen and oxygen atoms in total. The standard InChI is InChI=1S/C25H46O8/c1-10-17(27-5)16(4)20-21(32-20)18(26)14(2)12-11-13-15(3)19-22(28-6)23(29-7)24(30-8)25(31-9)33-19/h13-14,16-26H,10-12H2,1-9H3/b15-13+/t14-,16+,17-,18+,19+,20-,21-,22+,23-,24+,25-/m0/s1. The van der Waals surface area contributed by atoms with Gasteiger partial charge in [-0.15, -0.1) is 0 Å². The summed E-state index contributed by atoms with van der Waals surface area (Å²) in [5.74, 6) is 0.377. The van der Waals surface area contributed by atoms with Gasteiger partial charge in [0.2, 0.25) is 0 Å². The smallest absolute Gasteiger partial charge is 0.186 e. The lowest BCUT2D eigenvalue weighted by Crippen LogP contribution is -2.60. The van der Waals surface area contributed by atoms with E-state index in [1.165, 1.54) is 0 Å². The zero-order valence-corrected chi connectivity index (χ0v) is 21.9. The van der Waals surface area contributed by atoms with Crippen LogP contribution in [-0.4, -0.2) is 95.8 Å². The molecule has 0 aromatic heterocycles. The topological polar surface area (TPSA) is 88.1 Å². The molecule has 0 aromatic carbocycles. The summed E-state index contributed by atoms with van der Waals surface area (Å²) in [4.78, 5) is 0. The van der Waals surface area contributed by atoms with E-state index < -0.39 is 12.4 Å². The monoisotopic (exact) mass is 474 g/mol. The van der Waals surface area contributed by atoms with Gasteiger partial charge < -0.3 is 38.3 Å². The second kappa shape index (κ2) is 13.5. The van der Waals surface area contributed by atoms with Gasteiger partial charge in [-0.25, -0.2) is 0 Å². The van der Waals surface area contributed by atoms with E-state index in [1.54, 1.807) is 35.5 Å². The number of ether oxygens (including phenoxy) is 7. The lowest BCUT2D eigenvalue weighted by Gasteiger charge is -2.44. The Labute approximate surface area is 199 Å². The second-order valence-corrected chi connectivity index (χ2v) is 9.36. The SMILES string of the molecule is CC[C@H](OC)[C@@H](C)[C@@H]1O[C@H]1[C@H](O)[C@@H](C)CC/C=C(\C)[C@H]1O[C@H](OC)[C@H](OC)[C@@H](OC)[C@@H]1OC. The van der Waals surface area contributed by atoms with E-state index in [1.807, 2.05) is 6.92 Å². The maximum Gasteiger partial charge on any atom is 0.186 e. The number of methoxy groups -OCH3 is 5. The molecular formula is C25H46O8. The quantitative estimate of drug-likeness (QED) is 0.304. The largest absolute Gasteiger partial charge is 0.390 e. The normalized spacial score (nSPS) is 36.3. The van der Waals surface area contributed by atoms with E-state index >= 15 is 0 Å². The first-order valence-corrected chi connectivity index (χ1v) is 12.1. The maximum absolute atomic E-state index is 10.8. The van der Waals surface area contributed by atoms with Gasteiger partial charge in [-0.2, -0.15) is 0 Å². The van der Waals surface area contributed by atoms with Crippen LogP contribution in [0.1, 0.15) is 47.0 Å². The minimum atomic E-state index is -0.551. The molecule has 33 heavy (non-hydrogen) atoms. The van der Waals surface area contributed by atoms with E-state index in [-0.39, 0.29) is 54.6 Å². The average molecular weight is 475 g/mol. The van der Waals surface area contributed by atoms with Crippen LogP contribution < -0.4 is 0 Å². The highest BCUT2D eigenvalue weighted by Gasteiger charge is 2.51. The van der Waals surface area contributed by atoms with Gasteiger partial charge in [0.1, 0.15) is 30.5 Å². The number of rotatable bonds is 14. The molecule has 0 saturated carbocycles. The molecule has 8 heteroatoms. The molecule has 0 aromatic rings. The van der Waals surface area contributed by atoms with Gasteiger partial charge >= 0.3 is 0 Å². The van der Waals surface area contributed by atoms with Crippen LogP contribution in [0.15, 0.2) is 11.6 Å². The summed E-state index contributed by atoms with van der Waals surface area (Å²) in [5.41, 5.74) is 1.04. The Morgan fingerprint density at radius 1 is 0.909 bits per heavy atom. The van der Waals surface area contributed by atoms with E-state index in [0.717, 1.165) is 24.8 Å². The van der Waals surface area contributed by atoms with Crippen molar-refractivity contribution in [2.75, 3.05) is 35.5 Å². The van der Waals surface area contributed by atoms with Crippen LogP contribution in [0.4, 0.5) is 0 Å². The highest BCUT2D eigenvalue weighted by molar-refractivity contribution is 5.12. The second-order valence-electron chi connectivity index (χ2n) is 9.36. The molecule has 194 valence electrons. The Morgan fingerprint density at radius 2 is 1.55 bits per heavy atom. The molecule has 11 atom stereocenters. The van der Waals surface area contributed by atoms with Crippen LogP contribution >= 0.6 is 0 Å². The first-order valence-electron chi connectivity index (χ1n) is 12.1. The van der Waals surface area contributed by atoms with Crippen LogP contribution in [0.25, 0.3) is 0 Å². The van der Waals surface area contributed by atoms with Crippen molar-refractivity contribution in [1.82, 2.24) is 0 Å². The molecule has 2 aliphatic heterocycles. The third kappa shape index (κ3) is 6.76. The van der Waals surface area contributed by atoms with E-state index in [4.69, 9.17) is 33.2 Å². The molecule has 2 heterocycles. The maximum atomic E-state index is 10.8. The average Bonchev–Trinajstić information content (AvgIpc) is 3.63. The van der Waals surface area contributed by atoms with Gasteiger partial charge in [-0.1, -0.05) is 26.8 Å². The Morgan fingerprint density at radius 3 is 2.06 bits per heavy atom. The molecule has 0 unspecified atom stereocenters. The Bertz CT molecular complexity index is 595. The predicted octanol–water partition coefficient (Wildman–Crippen LogP) is 2.95. The van der Waals surface area contributed by atoms with E-state index in [9.17, 15) is 5.11 Å². The highest BCUT2D eigenvalue weighted by Crippen LogP contribution is 2.38. The fourth-order valence-electron chi connectivity index (χ4n) is 5.12. The van der Waals surface area contributed by atoms with Gasteiger partial charge in [-0.3, -0.25) is 0 Å². The van der Waals surface area contributed by atoms with Gasteiger partial charge in [-0.05, 0) is 37.7 Å². The summed E-state index contributed by atoms with van der Waals surface area (Å²) in [5, 5.41) is 10.8. The zero-order valence-electron chi connectivity index (χ0n) is 21.9. The Kier molecular flexibility index (Phi) is 11.7. The lowest BCUT2D eigenvalue weighted by molar-refractivity contribution is -0.295. The third-order valence-electron chi connectivity index (χ3n) is 7.37. The number of aliphatic hydroxyl groups excluding tert-OH is 1. The van der Waals surface area contributed by atoms with Gasteiger partial charge in [0.25, 0.3) is 0 Å². The van der Waals surface area contributed by atoms with Crippen molar-refractivity contribution in [3.63, 3.8) is 0 Å². The summed E-state index contributed by atoms with van der Waals surface area (Å²) in [7, 11) is 8.24. The fraction of sp³-hybridized carbons (Fsp3) is 0.920. The van der Waals surface area contributed by atoms with Crippen molar-refractivity contribution in [3.8, 4) is 0 Å². The van der Waals surface area contributed by atoms with Crippen molar-refractivity contribution < 1.29 is 38.3 Å². The first-order chi connectivity index (χ1) is 15.8. The van der Waals surface area contributed by atoms with Gasteiger partial charge in [0.05, 0.1) is 18.3 Å². The van der Waals surface area contributed by atoms with Crippen LogP contribution in [0.3, 0.4) is 0 Å². The Hall–Kier alpha value is -0.580. The molecule has 2 fully saturated rings. The molecule has 0 bridgehead atoms. The third-order valence-corrected chi connectivity index (χ3v) is 7.37. The van der Waals surface area contributed by atoms with Gasteiger partial charge in [0, 0.05) is 41.5 Å². The van der Waals surface area contributed by atoms with E-state index in [2.05, 4.69) is 26.8 Å². The lowest BCUT2D eigenvalue weighted by atomic mass is 9.89. The minimum Gasteiger partial charge on any atom is -0.390 e. The van der Waals surface area contributed by atoms with Crippen molar-refractivity contribution in [3.05, 3.63) is 11.6 Å². The van der Waals surface area contributed by atoms with Crippen LogP contribution in [0.2, 0.25) is 0 Å². The zero-order chi connectivity index (χ0) is 24.7. The first kappa shape index (κ1) is 28.7. The van der Waals surface area contributed by atoms with Gasteiger partial charge in [0.15, 0.2) is 6.29 Å². The predicted molar refractivity (Wildman–Crippen MR) is 125 cm³/mol. The van der Waals surface area contributed by atoms with Crippen LogP contribution in [0.5, 0.6) is 0 Å². The number of hydrogen-bond acceptors (Lipinski definition) is 8. The van der Waals surface area contributed by atoms with Crippen molar-refractivity contribution in [2.24, 2.45) is 11.8 Å². The minimum absolute atomic E-state index is 0.0633. The molecule has 0 aliphatic carbocycles. The van der Waals surface area contributed by atoms with Crippen LogP contribution in [0, 0.1) is 11.8 Å². The van der Waals surface area contributed by atoms with Crippen molar-refractivity contribution in [2.45, 2.75) is 102 Å². The summed E-state index contributed by atoms with van der Waals surface area (Å²) < 4.78 is 40.0. The molecule has 2 aliphatic rings. The molecular weight excluding hydrogens is 428 g/mol. The highest BCUT2D eigenvalue weighted by atomic mass is 16.7. The number of aliphatic hydroxyl groups is 1. The van der Waals surface area contributed by atoms with Crippen molar-refractivity contribution >= 4 is 0 Å². The number of epoxide rings is 1. The molecule has 2 saturated heterocycles. The fourth-order valence-corrected chi connectivity index (χ4v) is 5.12. The summed E-state index contributed by atoms with van der Waals surface area (Å²) in [6, 6.07) is 0. The number of allylic oxidation sites excluding steroid dienone is 1. The molecule has 1 N–H and O–H groups in total. The molecule has 0 spiro atoms. The number of hydrogen-bond donors (Lipinski definition) is 1. The summed E-state index contributed by atoms with van der Waals surface area (Å²) in [6.07, 6.45) is 2.47. The molecule has 0 radical (unpaired) electrons.